The van der Waals surface area contributed by atoms with Crippen LogP contribution in [-0.4, -0.2) is 10.9 Å². The van der Waals surface area contributed by atoms with Gasteiger partial charge in [0.1, 0.15) is 5.82 Å². The Morgan fingerprint density at radius 3 is 2.74 bits per heavy atom. The van der Waals surface area contributed by atoms with Crippen LogP contribution in [0.4, 0.5) is 11.5 Å². The molecule has 0 bridgehead atoms. The molecule has 0 aliphatic carbocycles. The van der Waals surface area contributed by atoms with Gasteiger partial charge in [0.25, 0.3) is 5.91 Å². The van der Waals surface area contributed by atoms with E-state index in [1.165, 1.54) is 0 Å². The Balaban J connectivity index is 2.23. The maximum Gasteiger partial charge on any atom is 0.252 e. The monoisotopic (exact) mass is 256 g/mol. The SMILES string of the molecule is Cc1ccnc(NCc2ccccc2N)c1C(N)=O. The number of aromatic nitrogens is 1. The third-order valence-electron chi connectivity index (χ3n) is 2.91. The van der Waals surface area contributed by atoms with Crippen LogP contribution < -0.4 is 16.8 Å². The van der Waals surface area contributed by atoms with Crippen molar-refractivity contribution in [2.24, 2.45) is 5.73 Å². The van der Waals surface area contributed by atoms with E-state index in [9.17, 15) is 4.79 Å². The van der Waals surface area contributed by atoms with Gasteiger partial charge in [-0.05, 0) is 30.2 Å². The first-order chi connectivity index (χ1) is 9.09. The van der Waals surface area contributed by atoms with Crippen molar-refractivity contribution in [3.8, 4) is 0 Å². The maximum absolute atomic E-state index is 11.4. The van der Waals surface area contributed by atoms with Crippen molar-refractivity contribution in [1.29, 1.82) is 0 Å². The molecule has 0 fully saturated rings. The Morgan fingerprint density at radius 1 is 1.32 bits per heavy atom. The first-order valence-electron chi connectivity index (χ1n) is 5.92. The minimum atomic E-state index is -0.492. The number of aryl methyl sites for hydroxylation is 1. The summed E-state index contributed by atoms with van der Waals surface area (Å²) < 4.78 is 0. The standard InChI is InChI=1S/C14H16N4O/c1-9-6-7-17-14(12(9)13(16)19)18-8-10-4-2-3-5-11(10)15/h2-7H,8,15H2,1H3,(H2,16,19)(H,17,18). The molecular formula is C14H16N4O. The number of rotatable bonds is 4. The lowest BCUT2D eigenvalue weighted by atomic mass is 10.1. The highest BCUT2D eigenvalue weighted by Crippen LogP contribution is 2.18. The van der Waals surface area contributed by atoms with Gasteiger partial charge in [-0.25, -0.2) is 4.98 Å². The Morgan fingerprint density at radius 2 is 2.05 bits per heavy atom. The molecule has 98 valence electrons. The molecule has 5 nitrogen and oxygen atoms in total. The van der Waals surface area contributed by atoms with Gasteiger partial charge in [-0.3, -0.25) is 4.79 Å². The van der Waals surface area contributed by atoms with Crippen LogP contribution in [0.15, 0.2) is 36.5 Å². The number of hydrogen-bond donors (Lipinski definition) is 3. The predicted octanol–water partition coefficient (Wildman–Crippen LogP) is 1.68. The van der Waals surface area contributed by atoms with Crippen molar-refractivity contribution >= 4 is 17.4 Å². The molecule has 0 saturated carbocycles. The molecule has 0 spiro atoms. The van der Waals surface area contributed by atoms with E-state index in [-0.39, 0.29) is 0 Å². The summed E-state index contributed by atoms with van der Waals surface area (Å²) in [5, 5.41) is 3.10. The van der Waals surface area contributed by atoms with Gasteiger partial charge in [0.2, 0.25) is 0 Å². The molecule has 1 amide bonds. The molecular weight excluding hydrogens is 240 g/mol. The van der Waals surface area contributed by atoms with Crippen LogP contribution in [0.25, 0.3) is 0 Å². The summed E-state index contributed by atoms with van der Waals surface area (Å²) in [6.45, 7) is 2.31. The number of carbonyl (C=O) groups is 1. The van der Waals surface area contributed by atoms with Crippen molar-refractivity contribution < 1.29 is 4.79 Å². The number of nitrogens with one attached hydrogen (secondary N) is 1. The van der Waals surface area contributed by atoms with E-state index in [2.05, 4.69) is 10.3 Å². The third-order valence-corrected chi connectivity index (χ3v) is 2.91. The summed E-state index contributed by atoms with van der Waals surface area (Å²) in [5.74, 6) is -0.00936. The van der Waals surface area contributed by atoms with Crippen LogP contribution >= 0.6 is 0 Å². The van der Waals surface area contributed by atoms with Gasteiger partial charge >= 0.3 is 0 Å². The summed E-state index contributed by atoms with van der Waals surface area (Å²) in [6, 6.07) is 9.28. The van der Waals surface area contributed by atoms with E-state index in [1.807, 2.05) is 31.2 Å². The van der Waals surface area contributed by atoms with Crippen molar-refractivity contribution in [2.75, 3.05) is 11.1 Å². The number of nitrogens with zero attached hydrogens (tertiary/aromatic N) is 1. The molecule has 1 aromatic carbocycles. The molecule has 0 aliphatic rings. The molecule has 0 aliphatic heterocycles. The number of hydrogen-bond acceptors (Lipinski definition) is 4. The van der Waals surface area contributed by atoms with Crippen LogP contribution in [0.3, 0.4) is 0 Å². The fourth-order valence-corrected chi connectivity index (χ4v) is 1.88. The summed E-state index contributed by atoms with van der Waals surface area (Å²) >= 11 is 0. The first-order valence-corrected chi connectivity index (χ1v) is 5.92. The van der Waals surface area contributed by atoms with E-state index in [0.717, 1.165) is 11.1 Å². The molecule has 2 rings (SSSR count). The molecule has 5 heteroatoms. The number of anilines is 2. The van der Waals surface area contributed by atoms with Gasteiger partial charge in [0, 0.05) is 18.4 Å². The zero-order valence-corrected chi connectivity index (χ0v) is 10.7. The lowest BCUT2D eigenvalue weighted by Crippen LogP contribution is -2.17. The summed E-state index contributed by atoms with van der Waals surface area (Å²) in [6.07, 6.45) is 1.64. The minimum Gasteiger partial charge on any atom is -0.398 e. The van der Waals surface area contributed by atoms with Gasteiger partial charge in [-0.2, -0.15) is 0 Å². The van der Waals surface area contributed by atoms with E-state index in [1.54, 1.807) is 12.3 Å². The van der Waals surface area contributed by atoms with Crippen LogP contribution in [0.1, 0.15) is 21.5 Å². The van der Waals surface area contributed by atoms with E-state index in [4.69, 9.17) is 11.5 Å². The zero-order chi connectivity index (χ0) is 13.8. The van der Waals surface area contributed by atoms with E-state index in [0.29, 0.717) is 23.6 Å². The highest BCUT2D eigenvalue weighted by atomic mass is 16.1. The van der Waals surface area contributed by atoms with Crippen LogP contribution in [0.2, 0.25) is 0 Å². The number of amides is 1. The number of para-hydroxylation sites is 1. The quantitative estimate of drug-likeness (QED) is 0.725. The predicted molar refractivity (Wildman–Crippen MR) is 75.7 cm³/mol. The Hall–Kier alpha value is -2.56. The zero-order valence-electron chi connectivity index (χ0n) is 10.7. The molecule has 19 heavy (non-hydrogen) atoms. The average Bonchev–Trinajstić information content (AvgIpc) is 2.37. The lowest BCUT2D eigenvalue weighted by molar-refractivity contribution is 0.1000. The van der Waals surface area contributed by atoms with E-state index >= 15 is 0 Å². The van der Waals surface area contributed by atoms with Crippen molar-refractivity contribution in [2.45, 2.75) is 13.5 Å². The summed E-state index contributed by atoms with van der Waals surface area (Å²) in [4.78, 5) is 15.6. The number of benzene rings is 1. The lowest BCUT2D eigenvalue weighted by Gasteiger charge is -2.12. The van der Waals surface area contributed by atoms with Gasteiger partial charge in [0.05, 0.1) is 5.56 Å². The van der Waals surface area contributed by atoms with Crippen LogP contribution in [0, 0.1) is 6.92 Å². The van der Waals surface area contributed by atoms with Crippen LogP contribution in [0.5, 0.6) is 0 Å². The molecule has 1 aromatic heterocycles. The van der Waals surface area contributed by atoms with Crippen molar-refractivity contribution in [3.05, 3.63) is 53.2 Å². The number of nitrogen functional groups attached to an aromatic ring is 1. The Bertz CT molecular complexity index is 610. The van der Waals surface area contributed by atoms with Gasteiger partial charge in [-0.15, -0.1) is 0 Å². The topological polar surface area (TPSA) is 94.0 Å². The largest absolute Gasteiger partial charge is 0.398 e. The fourth-order valence-electron chi connectivity index (χ4n) is 1.88. The number of carbonyl (C=O) groups excluding carboxylic acids is 1. The molecule has 2 aromatic rings. The van der Waals surface area contributed by atoms with Gasteiger partial charge in [-0.1, -0.05) is 18.2 Å². The second-order valence-corrected chi connectivity index (χ2v) is 4.27. The van der Waals surface area contributed by atoms with E-state index < -0.39 is 5.91 Å². The number of pyridine rings is 1. The Labute approximate surface area is 111 Å². The highest BCUT2D eigenvalue weighted by Gasteiger charge is 2.12. The van der Waals surface area contributed by atoms with Crippen LogP contribution in [-0.2, 0) is 6.54 Å². The minimum absolute atomic E-state index is 0.414. The Kier molecular flexibility index (Phi) is 3.66. The first kappa shape index (κ1) is 12.9. The molecule has 0 radical (unpaired) electrons. The molecule has 0 atom stereocenters. The number of nitrogens with two attached hydrogens (primary N) is 2. The smallest absolute Gasteiger partial charge is 0.252 e. The molecule has 0 saturated heterocycles. The van der Waals surface area contributed by atoms with Crippen molar-refractivity contribution in [1.82, 2.24) is 4.98 Å². The molecule has 5 N–H and O–H groups in total. The highest BCUT2D eigenvalue weighted by molar-refractivity contribution is 5.98. The second kappa shape index (κ2) is 5.39. The summed E-state index contributed by atoms with van der Waals surface area (Å²) in [7, 11) is 0. The van der Waals surface area contributed by atoms with Gasteiger partial charge < -0.3 is 16.8 Å². The number of primary amides is 1. The summed E-state index contributed by atoms with van der Waals surface area (Å²) in [5.41, 5.74) is 14.1. The molecule has 0 unspecified atom stereocenters. The molecule has 1 heterocycles. The third kappa shape index (κ3) is 2.82. The van der Waals surface area contributed by atoms with Crippen molar-refractivity contribution in [3.63, 3.8) is 0 Å². The van der Waals surface area contributed by atoms with Gasteiger partial charge in [0.15, 0.2) is 0 Å². The second-order valence-electron chi connectivity index (χ2n) is 4.27. The fraction of sp³-hybridized carbons (Fsp3) is 0.143. The normalized spacial score (nSPS) is 10.2. The average molecular weight is 256 g/mol. The maximum atomic E-state index is 11.4.